The van der Waals surface area contributed by atoms with Crippen molar-refractivity contribution in [3.8, 4) is 0 Å². The predicted octanol–water partition coefficient (Wildman–Crippen LogP) is 8.38. The molecule has 192 valence electrons. The van der Waals surface area contributed by atoms with Gasteiger partial charge in [0.15, 0.2) is 0 Å². The topological polar surface area (TPSA) is 35.5 Å². The van der Waals surface area contributed by atoms with Crippen LogP contribution in [0.15, 0.2) is 0 Å². The van der Waals surface area contributed by atoms with Crippen LogP contribution in [0.2, 0.25) is 0 Å². The zero-order chi connectivity index (χ0) is 23.8. The molecule has 0 bridgehead atoms. The summed E-state index contributed by atoms with van der Waals surface area (Å²) < 4.78 is 0.802. The molecule has 4 nitrogen and oxygen atoms in total. The van der Waals surface area contributed by atoms with E-state index in [1.165, 1.54) is 116 Å². The molecule has 4 heteroatoms. The molecule has 0 rings (SSSR count). The van der Waals surface area contributed by atoms with Crippen LogP contribution >= 0.6 is 0 Å². The summed E-state index contributed by atoms with van der Waals surface area (Å²) in [4.78, 5) is 21.4. The Morgan fingerprint density at radius 2 is 0.906 bits per heavy atom. The van der Waals surface area contributed by atoms with E-state index in [0.717, 1.165) is 23.9 Å². The molecule has 0 aromatic heterocycles. The second kappa shape index (κ2) is 23.5. The van der Waals surface area contributed by atoms with E-state index in [1.807, 2.05) is 0 Å². The van der Waals surface area contributed by atoms with Gasteiger partial charge in [-0.25, -0.2) is 4.79 Å². The van der Waals surface area contributed by atoms with E-state index in [1.54, 1.807) is 0 Å². The summed E-state index contributed by atoms with van der Waals surface area (Å²) in [6.45, 7) is 3.57. The van der Waals surface area contributed by atoms with E-state index < -0.39 is 0 Å². The molecule has 0 atom stereocenters. The molecule has 32 heavy (non-hydrogen) atoms. The minimum atomic E-state index is -0.228. The van der Waals surface area contributed by atoms with Crippen molar-refractivity contribution in [1.82, 2.24) is 0 Å². The Balaban J connectivity index is 3.14. The van der Waals surface area contributed by atoms with Crippen molar-refractivity contribution >= 4 is 5.97 Å². The van der Waals surface area contributed by atoms with Gasteiger partial charge in [0.25, 0.3) is 0 Å². The number of hydrogen-bond acceptors (Lipinski definition) is 3. The molecule has 0 aromatic carbocycles. The standard InChI is InChI=1S/C28H58NO3/c1-5-6-7-8-9-10-11-12-13-14-15-16-17-18-19-20-21-22-23-24-25-28(30)32-31-27-26-29(2,3)4/h5-27H2,1-4H3/q+1. The molecular weight excluding hydrogens is 398 g/mol. The fourth-order valence-electron chi connectivity index (χ4n) is 3.98. The number of unbranched alkanes of at least 4 members (excludes halogenated alkanes) is 19. The average molecular weight is 457 g/mol. The minimum Gasteiger partial charge on any atom is -0.329 e. The fourth-order valence-corrected chi connectivity index (χ4v) is 3.98. The first kappa shape index (κ1) is 31.4. The molecule has 0 saturated heterocycles. The number of carbonyl (C=O) groups is 1. The van der Waals surface area contributed by atoms with Gasteiger partial charge in [0, 0.05) is 6.42 Å². The number of likely N-dealkylation sites (N-methyl/N-ethyl adjacent to an activating group) is 1. The molecule has 0 aliphatic heterocycles. The Morgan fingerprint density at radius 3 is 1.25 bits per heavy atom. The number of hydrogen-bond donors (Lipinski definition) is 0. The molecule has 0 radical (unpaired) electrons. The van der Waals surface area contributed by atoms with Gasteiger partial charge in [-0.2, -0.15) is 4.89 Å². The molecule has 0 saturated carbocycles. The average Bonchev–Trinajstić information content (AvgIpc) is 2.74. The summed E-state index contributed by atoms with van der Waals surface area (Å²) >= 11 is 0. The smallest absolute Gasteiger partial charge is 0.329 e. The Bertz CT molecular complexity index is 393. The summed E-state index contributed by atoms with van der Waals surface area (Å²) in [5, 5.41) is 0. The van der Waals surface area contributed by atoms with E-state index in [-0.39, 0.29) is 5.97 Å². The van der Waals surface area contributed by atoms with Crippen LogP contribution in [0, 0.1) is 0 Å². The van der Waals surface area contributed by atoms with Gasteiger partial charge < -0.3 is 4.48 Å². The van der Waals surface area contributed by atoms with E-state index >= 15 is 0 Å². The van der Waals surface area contributed by atoms with E-state index in [2.05, 4.69) is 28.1 Å². The van der Waals surface area contributed by atoms with Gasteiger partial charge >= 0.3 is 5.97 Å². The van der Waals surface area contributed by atoms with Crippen molar-refractivity contribution in [1.29, 1.82) is 0 Å². The molecule has 0 heterocycles. The van der Waals surface area contributed by atoms with E-state index in [4.69, 9.17) is 9.78 Å². The molecule has 0 aromatic rings. The number of nitrogens with zero attached hydrogens (tertiary/aromatic N) is 1. The Hall–Kier alpha value is -0.610. The van der Waals surface area contributed by atoms with Crippen molar-refractivity contribution in [3.63, 3.8) is 0 Å². The third kappa shape index (κ3) is 27.4. The molecule has 0 unspecified atom stereocenters. The summed E-state index contributed by atoms with van der Waals surface area (Å²) in [5.41, 5.74) is 0. The van der Waals surface area contributed by atoms with Gasteiger partial charge in [0.2, 0.25) is 0 Å². The monoisotopic (exact) mass is 456 g/mol. The third-order valence-electron chi connectivity index (χ3n) is 6.23. The van der Waals surface area contributed by atoms with Gasteiger partial charge in [-0.05, 0) is 6.42 Å². The lowest BCUT2D eigenvalue weighted by atomic mass is 10.0. The molecule has 0 aliphatic rings. The van der Waals surface area contributed by atoms with Crippen molar-refractivity contribution in [3.05, 3.63) is 0 Å². The van der Waals surface area contributed by atoms with Crippen molar-refractivity contribution < 1.29 is 19.1 Å². The number of rotatable bonds is 25. The number of quaternary nitrogens is 1. The van der Waals surface area contributed by atoms with Gasteiger partial charge in [0.1, 0.15) is 13.2 Å². The highest BCUT2D eigenvalue weighted by molar-refractivity contribution is 5.68. The normalized spacial score (nSPS) is 11.8. The quantitative estimate of drug-likeness (QED) is 0.0599. The van der Waals surface area contributed by atoms with Gasteiger partial charge in [0.05, 0.1) is 21.1 Å². The maximum atomic E-state index is 11.6. The second-order valence-corrected chi connectivity index (χ2v) is 10.8. The largest absolute Gasteiger partial charge is 0.342 e. The SMILES string of the molecule is CCCCCCCCCCCCCCCCCCCCCCC(=O)OOCC[N+](C)(C)C. The van der Waals surface area contributed by atoms with Crippen molar-refractivity contribution in [2.45, 2.75) is 142 Å². The van der Waals surface area contributed by atoms with E-state index in [9.17, 15) is 4.79 Å². The highest BCUT2D eigenvalue weighted by Crippen LogP contribution is 2.15. The Labute approximate surface area is 201 Å². The molecule has 0 aliphatic carbocycles. The lowest BCUT2D eigenvalue weighted by Gasteiger charge is -2.22. The third-order valence-corrected chi connectivity index (χ3v) is 6.23. The van der Waals surface area contributed by atoms with Crippen LogP contribution in [0.25, 0.3) is 0 Å². The van der Waals surface area contributed by atoms with Crippen LogP contribution in [-0.2, 0) is 14.6 Å². The van der Waals surface area contributed by atoms with Crippen LogP contribution in [0.4, 0.5) is 0 Å². The summed E-state index contributed by atoms with van der Waals surface area (Å²) in [7, 11) is 6.26. The van der Waals surface area contributed by atoms with Gasteiger partial charge in [-0.1, -0.05) is 129 Å². The van der Waals surface area contributed by atoms with E-state index in [0.29, 0.717) is 13.0 Å². The first-order chi connectivity index (χ1) is 15.5. The molecule has 0 N–H and O–H groups in total. The van der Waals surface area contributed by atoms with Gasteiger partial charge in [-0.15, -0.1) is 0 Å². The highest BCUT2D eigenvalue weighted by Gasteiger charge is 2.08. The van der Waals surface area contributed by atoms with Crippen LogP contribution in [0.1, 0.15) is 142 Å². The predicted molar refractivity (Wildman–Crippen MR) is 138 cm³/mol. The summed E-state index contributed by atoms with van der Waals surface area (Å²) in [6.07, 6.45) is 27.8. The first-order valence-electron chi connectivity index (χ1n) is 14.1. The number of carbonyl (C=O) groups excluding carboxylic acids is 1. The maximum absolute atomic E-state index is 11.6. The molecule has 0 amide bonds. The van der Waals surface area contributed by atoms with Crippen LogP contribution < -0.4 is 0 Å². The first-order valence-corrected chi connectivity index (χ1v) is 14.1. The lowest BCUT2D eigenvalue weighted by Crippen LogP contribution is -2.37. The van der Waals surface area contributed by atoms with Crippen LogP contribution in [0.3, 0.4) is 0 Å². The molecule has 0 spiro atoms. The maximum Gasteiger partial charge on any atom is 0.342 e. The van der Waals surface area contributed by atoms with Crippen molar-refractivity contribution in [2.24, 2.45) is 0 Å². The summed E-state index contributed by atoms with van der Waals surface area (Å²) in [5.74, 6) is -0.228. The summed E-state index contributed by atoms with van der Waals surface area (Å²) in [6, 6.07) is 0. The minimum absolute atomic E-state index is 0.228. The van der Waals surface area contributed by atoms with Crippen LogP contribution in [0.5, 0.6) is 0 Å². The van der Waals surface area contributed by atoms with Crippen LogP contribution in [-0.4, -0.2) is 44.7 Å². The Morgan fingerprint density at radius 1 is 0.562 bits per heavy atom. The lowest BCUT2D eigenvalue weighted by molar-refractivity contribution is -0.871. The van der Waals surface area contributed by atoms with Crippen molar-refractivity contribution in [2.75, 3.05) is 34.3 Å². The van der Waals surface area contributed by atoms with Gasteiger partial charge in [-0.3, -0.25) is 4.89 Å². The molecular formula is C28H58NO3+. The fraction of sp³-hybridized carbons (Fsp3) is 0.964. The second-order valence-electron chi connectivity index (χ2n) is 10.8. The zero-order valence-electron chi connectivity index (χ0n) is 22.4. The zero-order valence-corrected chi connectivity index (χ0v) is 22.4. The molecule has 0 fully saturated rings. The Kier molecular flexibility index (Phi) is 23.1. The highest BCUT2D eigenvalue weighted by atomic mass is 17.2.